The fraction of sp³-hybridized carbons (Fsp3) is 0.136. The number of aromatic amines is 1. The lowest BCUT2D eigenvalue weighted by Crippen LogP contribution is -2.13. The number of carbonyl (C=O) groups excluding carboxylic acids is 1. The Morgan fingerprint density at radius 3 is 2.64 bits per heavy atom. The molecule has 170 valence electrons. The number of aromatic nitrogens is 4. The van der Waals surface area contributed by atoms with Gasteiger partial charge >= 0.3 is 6.18 Å². The van der Waals surface area contributed by atoms with Crippen LogP contribution in [-0.4, -0.2) is 25.9 Å². The van der Waals surface area contributed by atoms with E-state index in [2.05, 4.69) is 20.6 Å². The van der Waals surface area contributed by atoms with E-state index < -0.39 is 17.6 Å². The van der Waals surface area contributed by atoms with E-state index >= 15 is 0 Å². The van der Waals surface area contributed by atoms with Crippen molar-refractivity contribution < 1.29 is 18.0 Å². The Bertz CT molecular complexity index is 1330. The summed E-state index contributed by atoms with van der Waals surface area (Å²) in [5.41, 5.74) is 1.63. The highest BCUT2D eigenvalue weighted by Gasteiger charge is 2.30. The minimum Gasteiger partial charge on any atom is -0.304 e. The van der Waals surface area contributed by atoms with Crippen LogP contribution in [0, 0.1) is 6.92 Å². The van der Waals surface area contributed by atoms with Crippen molar-refractivity contribution in [3.8, 4) is 11.3 Å². The molecule has 2 heterocycles. The summed E-state index contributed by atoms with van der Waals surface area (Å²) in [6, 6.07) is 13.1. The molecule has 2 aromatic heterocycles. The fourth-order valence-electron chi connectivity index (χ4n) is 3.21. The van der Waals surface area contributed by atoms with Gasteiger partial charge in [0, 0.05) is 22.3 Å². The Kier molecular flexibility index (Phi) is 6.18. The zero-order valence-corrected chi connectivity index (χ0v) is 18.6. The Morgan fingerprint density at radius 2 is 1.91 bits per heavy atom. The summed E-state index contributed by atoms with van der Waals surface area (Å²) in [7, 11) is 0. The largest absolute Gasteiger partial charge is 0.416 e. The number of anilines is 1. The zero-order chi connectivity index (χ0) is 23.8. The molecule has 0 aliphatic rings. The number of alkyl halides is 3. The maximum absolute atomic E-state index is 13.0. The smallest absolute Gasteiger partial charge is 0.304 e. The minimum atomic E-state index is -4.42. The number of nitrogens with zero attached hydrogens (tertiary/aromatic N) is 3. The van der Waals surface area contributed by atoms with Crippen LogP contribution in [0.1, 0.15) is 27.3 Å². The van der Waals surface area contributed by atoms with Gasteiger partial charge in [0.15, 0.2) is 5.82 Å². The van der Waals surface area contributed by atoms with Crippen molar-refractivity contribution in [3.05, 3.63) is 87.2 Å². The summed E-state index contributed by atoms with van der Waals surface area (Å²) < 4.78 is 40.4. The Balaban J connectivity index is 1.48. The van der Waals surface area contributed by atoms with E-state index in [9.17, 15) is 18.0 Å². The molecule has 11 heteroatoms. The number of carbonyl (C=O) groups is 1. The van der Waals surface area contributed by atoms with Crippen molar-refractivity contribution in [2.75, 3.05) is 5.32 Å². The third-order valence-electron chi connectivity index (χ3n) is 4.84. The van der Waals surface area contributed by atoms with Gasteiger partial charge in [-0.05, 0) is 48.9 Å². The highest BCUT2D eigenvalue weighted by atomic mass is 35.5. The van der Waals surface area contributed by atoms with Gasteiger partial charge in [-0.3, -0.25) is 14.6 Å². The number of aryl methyl sites for hydroxylation is 1. The first-order chi connectivity index (χ1) is 15.6. The lowest BCUT2D eigenvalue weighted by molar-refractivity contribution is -0.137. The molecule has 2 aromatic carbocycles. The Morgan fingerprint density at radius 1 is 1.12 bits per heavy atom. The van der Waals surface area contributed by atoms with E-state index in [4.69, 9.17) is 23.2 Å². The molecule has 0 aliphatic heterocycles. The SMILES string of the molecule is Cc1cc(NC(=O)c2cc(-c3ccc(Cl)cc3Cl)n[nH]2)nn1Cc1cccc(C(F)(F)F)c1. The number of nitrogens with one attached hydrogen (secondary N) is 2. The summed E-state index contributed by atoms with van der Waals surface area (Å²) in [4.78, 5) is 12.6. The van der Waals surface area contributed by atoms with Crippen molar-refractivity contribution in [3.63, 3.8) is 0 Å². The van der Waals surface area contributed by atoms with Gasteiger partial charge in [0.05, 0.1) is 22.8 Å². The molecular weight excluding hydrogens is 478 g/mol. The average molecular weight is 494 g/mol. The minimum absolute atomic E-state index is 0.120. The van der Waals surface area contributed by atoms with Gasteiger partial charge < -0.3 is 5.32 Å². The maximum Gasteiger partial charge on any atom is 0.416 e. The van der Waals surface area contributed by atoms with E-state index in [0.717, 1.165) is 12.1 Å². The van der Waals surface area contributed by atoms with Crippen LogP contribution >= 0.6 is 23.2 Å². The van der Waals surface area contributed by atoms with Crippen LogP contribution in [0.25, 0.3) is 11.3 Å². The van der Waals surface area contributed by atoms with Crippen LogP contribution in [0.5, 0.6) is 0 Å². The number of H-pyrrole nitrogens is 1. The van der Waals surface area contributed by atoms with Gasteiger partial charge in [-0.25, -0.2) is 0 Å². The molecule has 0 aliphatic carbocycles. The molecule has 0 unspecified atom stereocenters. The molecule has 4 aromatic rings. The second-order valence-electron chi connectivity index (χ2n) is 7.27. The summed E-state index contributed by atoms with van der Waals surface area (Å²) in [5, 5.41) is 14.6. The van der Waals surface area contributed by atoms with Crippen molar-refractivity contribution in [1.29, 1.82) is 0 Å². The van der Waals surface area contributed by atoms with E-state index in [-0.39, 0.29) is 18.1 Å². The normalized spacial score (nSPS) is 11.6. The number of hydrogen-bond acceptors (Lipinski definition) is 3. The second-order valence-corrected chi connectivity index (χ2v) is 8.12. The predicted octanol–water partition coefficient (Wildman–Crippen LogP) is 6.21. The summed E-state index contributed by atoms with van der Waals surface area (Å²) in [6.45, 7) is 1.86. The highest BCUT2D eigenvalue weighted by Crippen LogP contribution is 2.30. The van der Waals surface area contributed by atoms with Gasteiger partial charge in [0.25, 0.3) is 5.91 Å². The van der Waals surface area contributed by atoms with Crippen molar-refractivity contribution >= 4 is 34.9 Å². The number of hydrogen-bond donors (Lipinski definition) is 2. The van der Waals surface area contributed by atoms with E-state index in [0.29, 0.717) is 32.6 Å². The van der Waals surface area contributed by atoms with E-state index in [1.54, 1.807) is 37.3 Å². The van der Waals surface area contributed by atoms with Crippen LogP contribution < -0.4 is 5.32 Å². The topological polar surface area (TPSA) is 75.6 Å². The molecule has 0 spiro atoms. The van der Waals surface area contributed by atoms with Crippen molar-refractivity contribution in [2.45, 2.75) is 19.6 Å². The molecule has 6 nitrogen and oxygen atoms in total. The Hall–Kier alpha value is -3.30. The van der Waals surface area contributed by atoms with Gasteiger partial charge in [0.2, 0.25) is 0 Å². The third-order valence-corrected chi connectivity index (χ3v) is 5.39. The number of amides is 1. The maximum atomic E-state index is 13.0. The van der Waals surface area contributed by atoms with E-state index in [1.165, 1.54) is 16.8 Å². The van der Waals surface area contributed by atoms with Gasteiger partial charge in [-0.2, -0.15) is 23.4 Å². The molecule has 0 bridgehead atoms. The fourth-order valence-corrected chi connectivity index (χ4v) is 3.71. The van der Waals surface area contributed by atoms with Crippen molar-refractivity contribution in [1.82, 2.24) is 20.0 Å². The third kappa shape index (κ3) is 5.20. The Labute approximate surface area is 196 Å². The monoisotopic (exact) mass is 493 g/mol. The molecule has 0 atom stereocenters. The number of rotatable bonds is 5. The van der Waals surface area contributed by atoms with Crippen LogP contribution in [0.3, 0.4) is 0 Å². The second kappa shape index (κ2) is 8.92. The van der Waals surface area contributed by atoms with Crippen LogP contribution in [0.4, 0.5) is 19.0 Å². The first kappa shape index (κ1) is 22.9. The summed E-state index contributed by atoms with van der Waals surface area (Å²) >= 11 is 12.1. The average Bonchev–Trinajstić information content (AvgIpc) is 3.35. The van der Waals surface area contributed by atoms with Crippen LogP contribution in [0.2, 0.25) is 10.0 Å². The lowest BCUT2D eigenvalue weighted by Gasteiger charge is -2.09. The summed E-state index contributed by atoms with van der Waals surface area (Å²) in [5.74, 6) is -0.229. The standard InChI is InChI=1S/C22H16Cl2F3N5O/c1-12-7-20(31-32(12)11-13-3-2-4-14(8-13)22(25,26)27)28-21(33)19-10-18(29-30-19)16-6-5-15(23)9-17(16)24/h2-10H,11H2,1H3,(H,29,30)(H,28,31,33). The quantitative estimate of drug-likeness (QED) is 0.347. The van der Waals surface area contributed by atoms with Gasteiger partial charge in [0.1, 0.15) is 5.69 Å². The molecular formula is C22H16Cl2F3N5O. The molecule has 4 rings (SSSR count). The first-order valence-corrected chi connectivity index (χ1v) is 10.4. The number of halogens is 5. The molecule has 0 fully saturated rings. The molecule has 2 N–H and O–H groups in total. The highest BCUT2D eigenvalue weighted by molar-refractivity contribution is 6.36. The molecule has 1 amide bonds. The predicted molar refractivity (Wildman–Crippen MR) is 120 cm³/mol. The summed E-state index contributed by atoms with van der Waals surface area (Å²) in [6.07, 6.45) is -4.42. The molecule has 0 saturated heterocycles. The first-order valence-electron chi connectivity index (χ1n) is 9.63. The van der Waals surface area contributed by atoms with E-state index in [1.807, 2.05) is 0 Å². The van der Waals surface area contributed by atoms with Gasteiger partial charge in [-0.1, -0.05) is 35.3 Å². The molecule has 0 saturated carbocycles. The van der Waals surface area contributed by atoms with Crippen LogP contribution in [0.15, 0.2) is 54.6 Å². The number of benzene rings is 2. The van der Waals surface area contributed by atoms with Gasteiger partial charge in [-0.15, -0.1) is 0 Å². The van der Waals surface area contributed by atoms with Crippen molar-refractivity contribution in [2.24, 2.45) is 0 Å². The lowest BCUT2D eigenvalue weighted by atomic mass is 10.1. The molecule has 33 heavy (non-hydrogen) atoms. The zero-order valence-electron chi connectivity index (χ0n) is 17.0. The molecule has 0 radical (unpaired) electrons. The van der Waals surface area contributed by atoms with Crippen LogP contribution in [-0.2, 0) is 12.7 Å².